The fourth-order valence-electron chi connectivity index (χ4n) is 3.76. The van der Waals surface area contributed by atoms with Gasteiger partial charge in [-0.1, -0.05) is 72.3 Å². The van der Waals surface area contributed by atoms with Crippen molar-refractivity contribution in [1.82, 2.24) is 4.98 Å². The number of rotatable bonds is 7. The van der Waals surface area contributed by atoms with Gasteiger partial charge in [-0.15, -0.1) is 0 Å². The molecular formula is C27H25ClN2O. The van der Waals surface area contributed by atoms with E-state index in [-0.39, 0.29) is 5.91 Å². The molecule has 3 nitrogen and oxygen atoms in total. The zero-order valence-corrected chi connectivity index (χ0v) is 18.1. The lowest BCUT2D eigenvalue weighted by atomic mass is 9.97. The molecule has 0 bridgehead atoms. The van der Waals surface area contributed by atoms with Gasteiger partial charge in [-0.2, -0.15) is 0 Å². The van der Waals surface area contributed by atoms with Crippen LogP contribution in [0.1, 0.15) is 35.2 Å². The SMILES string of the molecule is O=C(Nc1cccc(Cc2cc(Cl)ccc2CCc2ccccc2)n1)C1=CC=CCC1. The van der Waals surface area contributed by atoms with E-state index in [1.165, 1.54) is 16.7 Å². The Hall–Kier alpha value is -3.17. The van der Waals surface area contributed by atoms with Crippen molar-refractivity contribution in [3.63, 3.8) is 0 Å². The molecular weight excluding hydrogens is 404 g/mol. The Morgan fingerprint density at radius 2 is 1.84 bits per heavy atom. The molecule has 0 unspecified atom stereocenters. The van der Waals surface area contributed by atoms with E-state index in [9.17, 15) is 4.79 Å². The summed E-state index contributed by atoms with van der Waals surface area (Å²) in [5, 5.41) is 3.65. The highest BCUT2D eigenvalue weighted by molar-refractivity contribution is 6.30. The minimum atomic E-state index is -0.0831. The molecule has 1 N–H and O–H groups in total. The first-order chi connectivity index (χ1) is 15.2. The maximum absolute atomic E-state index is 12.5. The van der Waals surface area contributed by atoms with Crippen LogP contribution < -0.4 is 5.32 Å². The molecule has 1 aliphatic rings. The first-order valence-electron chi connectivity index (χ1n) is 10.6. The van der Waals surface area contributed by atoms with Gasteiger partial charge in [0.2, 0.25) is 0 Å². The summed E-state index contributed by atoms with van der Waals surface area (Å²) >= 11 is 6.30. The van der Waals surface area contributed by atoms with Crippen molar-refractivity contribution < 1.29 is 4.79 Å². The number of halogens is 1. The number of allylic oxidation sites excluding steroid dienone is 3. The van der Waals surface area contributed by atoms with Crippen LogP contribution in [0.3, 0.4) is 0 Å². The van der Waals surface area contributed by atoms with Gasteiger partial charge in [0.25, 0.3) is 5.91 Å². The monoisotopic (exact) mass is 428 g/mol. The first-order valence-corrected chi connectivity index (χ1v) is 11.0. The van der Waals surface area contributed by atoms with Crippen molar-refractivity contribution in [3.05, 3.63) is 118 Å². The van der Waals surface area contributed by atoms with E-state index in [0.29, 0.717) is 12.2 Å². The summed E-state index contributed by atoms with van der Waals surface area (Å²) in [4.78, 5) is 17.2. The second-order valence-electron chi connectivity index (χ2n) is 7.70. The van der Waals surface area contributed by atoms with E-state index in [4.69, 9.17) is 11.6 Å². The third-order valence-electron chi connectivity index (χ3n) is 5.42. The molecule has 0 spiro atoms. The largest absolute Gasteiger partial charge is 0.307 e. The van der Waals surface area contributed by atoms with Crippen molar-refractivity contribution >= 4 is 23.3 Å². The van der Waals surface area contributed by atoms with Crippen LogP contribution in [0.5, 0.6) is 0 Å². The zero-order chi connectivity index (χ0) is 21.5. The fraction of sp³-hybridized carbons (Fsp3) is 0.185. The van der Waals surface area contributed by atoms with Gasteiger partial charge in [0.15, 0.2) is 0 Å². The summed E-state index contributed by atoms with van der Waals surface area (Å²) in [7, 11) is 0. The highest BCUT2D eigenvalue weighted by Crippen LogP contribution is 2.22. The normalized spacial score (nSPS) is 13.0. The Labute approximate surface area is 188 Å². The maximum Gasteiger partial charge on any atom is 0.252 e. The number of nitrogens with zero attached hydrogens (tertiary/aromatic N) is 1. The number of amides is 1. The second kappa shape index (κ2) is 10.2. The average Bonchev–Trinajstić information content (AvgIpc) is 2.80. The molecule has 0 saturated heterocycles. The molecule has 31 heavy (non-hydrogen) atoms. The number of hydrogen-bond donors (Lipinski definition) is 1. The fourth-order valence-corrected chi connectivity index (χ4v) is 3.95. The van der Waals surface area contributed by atoms with Crippen LogP contribution in [0.4, 0.5) is 5.82 Å². The summed E-state index contributed by atoms with van der Waals surface area (Å²) < 4.78 is 0. The number of aryl methyl sites for hydroxylation is 2. The Morgan fingerprint density at radius 1 is 0.968 bits per heavy atom. The summed E-state index contributed by atoms with van der Waals surface area (Å²) in [5.74, 6) is 0.492. The van der Waals surface area contributed by atoms with E-state index >= 15 is 0 Å². The van der Waals surface area contributed by atoms with Crippen LogP contribution in [0.25, 0.3) is 0 Å². The Morgan fingerprint density at radius 3 is 2.65 bits per heavy atom. The molecule has 0 radical (unpaired) electrons. The minimum Gasteiger partial charge on any atom is -0.307 e. The molecule has 1 heterocycles. The van der Waals surface area contributed by atoms with Gasteiger partial charge in [-0.05, 0) is 66.6 Å². The topological polar surface area (TPSA) is 42.0 Å². The molecule has 0 aliphatic heterocycles. The van der Waals surface area contributed by atoms with E-state index < -0.39 is 0 Å². The van der Waals surface area contributed by atoms with Crippen molar-refractivity contribution in [2.24, 2.45) is 0 Å². The maximum atomic E-state index is 12.5. The molecule has 1 amide bonds. The van der Waals surface area contributed by atoms with E-state index in [2.05, 4.69) is 46.7 Å². The van der Waals surface area contributed by atoms with Crippen LogP contribution in [0, 0.1) is 0 Å². The molecule has 4 heteroatoms. The van der Waals surface area contributed by atoms with Gasteiger partial charge < -0.3 is 5.32 Å². The minimum absolute atomic E-state index is 0.0831. The van der Waals surface area contributed by atoms with Crippen molar-refractivity contribution in [3.8, 4) is 0 Å². The van der Waals surface area contributed by atoms with Crippen molar-refractivity contribution in [1.29, 1.82) is 0 Å². The molecule has 3 aromatic rings. The molecule has 4 rings (SSSR count). The van der Waals surface area contributed by atoms with E-state index in [0.717, 1.165) is 42.0 Å². The summed E-state index contributed by atoms with van der Waals surface area (Å²) in [6.07, 6.45) is 10.1. The van der Waals surface area contributed by atoms with Crippen molar-refractivity contribution in [2.45, 2.75) is 32.1 Å². The van der Waals surface area contributed by atoms with Crippen LogP contribution in [0.15, 0.2) is 90.5 Å². The predicted molar refractivity (Wildman–Crippen MR) is 127 cm³/mol. The van der Waals surface area contributed by atoms with Gasteiger partial charge >= 0.3 is 0 Å². The summed E-state index contributed by atoms with van der Waals surface area (Å²) in [6, 6.07) is 22.3. The third-order valence-corrected chi connectivity index (χ3v) is 5.65. The quantitative estimate of drug-likeness (QED) is 0.478. The highest BCUT2D eigenvalue weighted by atomic mass is 35.5. The molecule has 0 atom stereocenters. The number of carbonyl (C=O) groups excluding carboxylic acids is 1. The van der Waals surface area contributed by atoms with Crippen LogP contribution in [-0.2, 0) is 24.1 Å². The van der Waals surface area contributed by atoms with Gasteiger partial charge in [-0.25, -0.2) is 4.98 Å². The Kier molecular flexibility index (Phi) is 6.96. The van der Waals surface area contributed by atoms with Crippen molar-refractivity contribution in [2.75, 3.05) is 5.32 Å². The molecule has 0 saturated carbocycles. The number of anilines is 1. The van der Waals surface area contributed by atoms with Gasteiger partial charge in [-0.3, -0.25) is 4.79 Å². The molecule has 0 fully saturated rings. The number of nitrogens with one attached hydrogen (secondary N) is 1. The third kappa shape index (κ3) is 5.93. The number of aromatic nitrogens is 1. The van der Waals surface area contributed by atoms with Gasteiger partial charge in [0, 0.05) is 22.7 Å². The highest BCUT2D eigenvalue weighted by Gasteiger charge is 2.12. The van der Waals surface area contributed by atoms with Crippen LogP contribution in [0.2, 0.25) is 5.02 Å². The van der Waals surface area contributed by atoms with Gasteiger partial charge in [0.1, 0.15) is 5.82 Å². The first kappa shape index (κ1) is 21.1. The van der Waals surface area contributed by atoms with E-state index in [1.807, 2.05) is 48.6 Å². The van der Waals surface area contributed by atoms with E-state index in [1.54, 1.807) is 0 Å². The standard InChI is InChI=1S/C27H25ClN2O/c28-24-17-16-21(15-14-20-8-3-1-4-9-20)23(18-24)19-25-12-7-13-26(29-25)30-27(31)22-10-5-2-6-11-22/h1-5,7-10,12-13,16-18H,6,11,14-15,19H2,(H,29,30,31). The smallest absolute Gasteiger partial charge is 0.252 e. The lowest BCUT2D eigenvalue weighted by Gasteiger charge is -2.12. The molecule has 2 aromatic carbocycles. The zero-order valence-electron chi connectivity index (χ0n) is 17.4. The van der Waals surface area contributed by atoms with Crippen LogP contribution >= 0.6 is 11.6 Å². The number of benzene rings is 2. The van der Waals surface area contributed by atoms with Crippen LogP contribution in [-0.4, -0.2) is 10.9 Å². The number of carbonyl (C=O) groups is 1. The lowest BCUT2D eigenvalue weighted by Crippen LogP contribution is -2.16. The Balaban J connectivity index is 1.48. The second-order valence-corrected chi connectivity index (χ2v) is 8.14. The Bertz CT molecular complexity index is 1120. The van der Waals surface area contributed by atoms with Gasteiger partial charge in [0.05, 0.1) is 0 Å². The lowest BCUT2D eigenvalue weighted by molar-refractivity contribution is -0.113. The molecule has 1 aromatic heterocycles. The number of pyridine rings is 1. The molecule has 1 aliphatic carbocycles. The summed E-state index contributed by atoms with van der Waals surface area (Å²) in [6.45, 7) is 0. The predicted octanol–water partition coefficient (Wildman–Crippen LogP) is 6.33. The number of hydrogen-bond acceptors (Lipinski definition) is 2. The average molecular weight is 429 g/mol. The molecule has 156 valence electrons. The summed E-state index contributed by atoms with van der Waals surface area (Å²) in [5.41, 5.74) is 5.44.